The summed E-state index contributed by atoms with van der Waals surface area (Å²) < 4.78 is 1.11. The molecule has 0 spiro atoms. The predicted octanol–water partition coefficient (Wildman–Crippen LogP) is 3.11. The first-order valence-corrected chi connectivity index (χ1v) is 8.79. The molecule has 0 aromatic heterocycles. The van der Waals surface area contributed by atoms with Gasteiger partial charge in [-0.3, -0.25) is 0 Å². The summed E-state index contributed by atoms with van der Waals surface area (Å²) in [5.41, 5.74) is 7.54. The van der Waals surface area contributed by atoms with Crippen molar-refractivity contribution in [2.75, 3.05) is 39.3 Å². The van der Waals surface area contributed by atoms with Crippen LogP contribution in [-0.4, -0.2) is 49.1 Å². The van der Waals surface area contributed by atoms with Crippen molar-refractivity contribution < 1.29 is 0 Å². The standard InChI is InChI=1S/C17H28BrN3/c1-14(2)13-21-11-9-20(10-12-21)8-7-17(19)15-3-5-16(18)6-4-15/h3-6,14,17H,7-13,19H2,1-2H3. The number of rotatable bonds is 6. The summed E-state index contributed by atoms with van der Waals surface area (Å²) in [5, 5.41) is 0. The summed E-state index contributed by atoms with van der Waals surface area (Å²) in [7, 11) is 0. The number of hydrogen-bond donors (Lipinski definition) is 1. The highest BCUT2D eigenvalue weighted by molar-refractivity contribution is 9.10. The van der Waals surface area contributed by atoms with Gasteiger partial charge in [0, 0.05) is 49.8 Å². The second-order valence-electron chi connectivity index (χ2n) is 6.48. The third-order valence-electron chi connectivity index (χ3n) is 4.14. The van der Waals surface area contributed by atoms with E-state index >= 15 is 0 Å². The minimum Gasteiger partial charge on any atom is -0.324 e. The zero-order valence-corrected chi connectivity index (χ0v) is 14.8. The summed E-state index contributed by atoms with van der Waals surface area (Å²) in [4.78, 5) is 5.13. The fourth-order valence-corrected chi connectivity index (χ4v) is 3.17. The fraction of sp³-hybridized carbons (Fsp3) is 0.647. The molecule has 1 aliphatic heterocycles. The van der Waals surface area contributed by atoms with Crippen LogP contribution in [0.25, 0.3) is 0 Å². The van der Waals surface area contributed by atoms with Gasteiger partial charge in [-0.15, -0.1) is 0 Å². The zero-order valence-electron chi connectivity index (χ0n) is 13.3. The van der Waals surface area contributed by atoms with Gasteiger partial charge in [-0.25, -0.2) is 0 Å². The van der Waals surface area contributed by atoms with Gasteiger partial charge in [0.1, 0.15) is 0 Å². The van der Waals surface area contributed by atoms with Crippen molar-refractivity contribution in [2.24, 2.45) is 11.7 Å². The van der Waals surface area contributed by atoms with Gasteiger partial charge in [0.2, 0.25) is 0 Å². The van der Waals surface area contributed by atoms with Crippen molar-refractivity contribution in [1.29, 1.82) is 0 Å². The first-order valence-electron chi connectivity index (χ1n) is 8.00. The Balaban J connectivity index is 1.70. The topological polar surface area (TPSA) is 32.5 Å². The van der Waals surface area contributed by atoms with Gasteiger partial charge in [-0.05, 0) is 30.0 Å². The van der Waals surface area contributed by atoms with Crippen LogP contribution < -0.4 is 5.73 Å². The third-order valence-corrected chi connectivity index (χ3v) is 4.67. The Bertz CT molecular complexity index is 411. The van der Waals surface area contributed by atoms with Crippen molar-refractivity contribution in [1.82, 2.24) is 9.80 Å². The average molecular weight is 354 g/mol. The Hall–Kier alpha value is -0.420. The van der Waals surface area contributed by atoms with E-state index in [2.05, 4.69) is 63.8 Å². The van der Waals surface area contributed by atoms with E-state index < -0.39 is 0 Å². The lowest BCUT2D eigenvalue weighted by Gasteiger charge is -2.35. The van der Waals surface area contributed by atoms with E-state index in [0.717, 1.165) is 23.4 Å². The van der Waals surface area contributed by atoms with E-state index in [1.807, 2.05) is 0 Å². The van der Waals surface area contributed by atoms with Crippen molar-refractivity contribution in [3.63, 3.8) is 0 Å². The lowest BCUT2D eigenvalue weighted by molar-refractivity contribution is 0.120. The quantitative estimate of drug-likeness (QED) is 0.852. The molecule has 3 nitrogen and oxygen atoms in total. The van der Waals surface area contributed by atoms with E-state index in [4.69, 9.17) is 5.73 Å². The van der Waals surface area contributed by atoms with E-state index in [9.17, 15) is 0 Å². The lowest BCUT2D eigenvalue weighted by atomic mass is 10.0. The van der Waals surface area contributed by atoms with Crippen molar-refractivity contribution in [3.05, 3.63) is 34.3 Å². The zero-order chi connectivity index (χ0) is 15.2. The van der Waals surface area contributed by atoms with Crippen LogP contribution in [0.15, 0.2) is 28.7 Å². The van der Waals surface area contributed by atoms with Crippen LogP contribution in [0.5, 0.6) is 0 Å². The Labute approximate surface area is 137 Å². The van der Waals surface area contributed by atoms with Crippen molar-refractivity contribution in [3.8, 4) is 0 Å². The Morgan fingerprint density at radius 2 is 1.62 bits per heavy atom. The molecule has 1 aliphatic rings. The second kappa shape index (κ2) is 8.28. The van der Waals surface area contributed by atoms with Crippen LogP contribution in [0.4, 0.5) is 0 Å². The summed E-state index contributed by atoms with van der Waals surface area (Å²) in [6.07, 6.45) is 1.03. The molecule has 0 bridgehead atoms. The minimum absolute atomic E-state index is 0.145. The molecule has 1 aromatic rings. The Morgan fingerprint density at radius 3 is 2.19 bits per heavy atom. The molecule has 1 fully saturated rings. The van der Waals surface area contributed by atoms with Crippen LogP contribution in [0.1, 0.15) is 31.9 Å². The van der Waals surface area contributed by atoms with Gasteiger partial charge in [0.15, 0.2) is 0 Å². The number of hydrogen-bond acceptors (Lipinski definition) is 3. The lowest BCUT2D eigenvalue weighted by Crippen LogP contribution is -2.47. The average Bonchev–Trinajstić information content (AvgIpc) is 2.46. The number of nitrogens with two attached hydrogens (primary N) is 1. The minimum atomic E-state index is 0.145. The van der Waals surface area contributed by atoms with E-state index in [0.29, 0.717) is 0 Å². The molecule has 0 radical (unpaired) electrons. The van der Waals surface area contributed by atoms with Gasteiger partial charge < -0.3 is 15.5 Å². The van der Waals surface area contributed by atoms with Crippen LogP contribution >= 0.6 is 15.9 Å². The van der Waals surface area contributed by atoms with Crippen LogP contribution in [0.3, 0.4) is 0 Å². The van der Waals surface area contributed by atoms with Crippen LogP contribution in [0.2, 0.25) is 0 Å². The molecule has 21 heavy (non-hydrogen) atoms. The summed E-state index contributed by atoms with van der Waals surface area (Å²) in [5.74, 6) is 0.766. The molecular weight excluding hydrogens is 326 g/mol. The van der Waals surface area contributed by atoms with Crippen LogP contribution in [-0.2, 0) is 0 Å². The highest BCUT2D eigenvalue weighted by Crippen LogP contribution is 2.18. The monoisotopic (exact) mass is 353 g/mol. The molecule has 118 valence electrons. The summed E-state index contributed by atoms with van der Waals surface area (Å²) >= 11 is 3.46. The second-order valence-corrected chi connectivity index (χ2v) is 7.40. The van der Waals surface area contributed by atoms with Gasteiger partial charge >= 0.3 is 0 Å². The fourth-order valence-electron chi connectivity index (χ4n) is 2.91. The summed E-state index contributed by atoms with van der Waals surface area (Å²) in [6.45, 7) is 11.7. The molecule has 1 unspecified atom stereocenters. The maximum absolute atomic E-state index is 6.30. The molecule has 1 aromatic carbocycles. The molecule has 0 amide bonds. The smallest absolute Gasteiger partial charge is 0.0307 e. The first-order chi connectivity index (χ1) is 10.0. The first kappa shape index (κ1) is 16.9. The molecule has 0 saturated carbocycles. The largest absolute Gasteiger partial charge is 0.324 e. The number of piperazine rings is 1. The maximum atomic E-state index is 6.30. The van der Waals surface area contributed by atoms with E-state index in [1.165, 1.54) is 38.3 Å². The molecule has 2 N–H and O–H groups in total. The SMILES string of the molecule is CC(C)CN1CCN(CCC(N)c2ccc(Br)cc2)CC1. The van der Waals surface area contributed by atoms with E-state index in [1.54, 1.807) is 0 Å². The molecule has 1 atom stereocenters. The van der Waals surface area contributed by atoms with Crippen molar-refractivity contribution in [2.45, 2.75) is 26.3 Å². The molecule has 2 rings (SSSR count). The number of halogens is 1. The molecule has 0 aliphatic carbocycles. The van der Waals surface area contributed by atoms with Gasteiger partial charge in [-0.2, -0.15) is 0 Å². The molecule has 1 heterocycles. The van der Waals surface area contributed by atoms with Gasteiger partial charge in [-0.1, -0.05) is 41.9 Å². The Kier molecular flexibility index (Phi) is 6.68. The predicted molar refractivity (Wildman–Crippen MR) is 93.4 cm³/mol. The highest BCUT2D eigenvalue weighted by atomic mass is 79.9. The molecular formula is C17H28BrN3. The number of nitrogens with zero attached hydrogens (tertiary/aromatic N) is 2. The van der Waals surface area contributed by atoms with Crippen LogP contribution in [0, 0.1) is 5.92 Å². The van der Waals surface area contributed by atoms with Crippen molar-refractivity contribution >= 4 is 15.9 Å². The van der Waals surface area contributed by atoms with Gasteiger partial charge in [0.25, 0.3) is 0 Å². The maximum Gasteiger partial charge on any atom is 0.0307 e. The molecule has 4 heteroatoms. The highest BCUT2D eigenvalue weighted by Gasteiger charge is 2.18. The van der Waals surface area contributed by atoms with Gasteiger partial charge in [0.05, 0.1) is 0 Å². The Morgan fingerprint density at radius 1 is 1.05 bits per heavy atom. The normalized spacial score (nSPS) is 19.1. The third kappa shape index (κ3) is 5.70. The van der Waals surface area contributed by atoms with E-state index in [-0.39, 0.29) is 6.04 Å². The molecule has 1 saturated heterocycles. The summed E-state index contributed by atoms with van der Waals surface area (Å²) in [6, 6.07) is 8.52. The number of benzene rings is 1.